The summed E-state index contributed by atoms with van der Waals surface area (Å²) >= 11 is 7.66. The topological polar surface area (TPSA) is 250 Å². The Hall–Kier alpha value is -2.84. The molecule has 0 aliphatic carbocycles. The van der Waals surface area contributed by atoms with Crippen molar-refractivity contribution >= 4 is 102 Å². The van der Waals surface area contributed by atoms with Gasteiger partial charge >= 0.3 is 69.3 Å². The number of thiazole rings is 1. The normalized spacial score (nSPS) is 17.1. The van der Waals surface area contributed by atoms with Gasteiger partial charge in [0, 0.05) is 17.2 Å². The summed E-state index contributed by atoms with van der Waals surface area (Å²) in [6, 6.07) is 3.91. The fourth-order valence-electron chi connectivity index (χ4n) is 5.18. The number of oxazole rings is 1. The number of hydrogen-bond acceptors (Lipinski definition) is 15. The smallest absolute Gasteiger partial charge is 0.748 e. The average Bonchev–Trinajstić information content (AvgIpc) is 3.72. The van der Waals surface area contributed by atoms with Crippen LogP contribution in [0, 0.1) is 23.9 Å². The van der Waals surface area contributed by atoms with Gasteiger partial charge < -0.3 is 29.2 Å². The molecule has 1 fully saturated rings. The Morgan fingerprint density at radius 2 is 1.51 bits per heavy atom. The molecule has 1 amide bonds. The molecule has 17 nitrogen and oxygen atoms in total. The molecular formula is C30H27KN4O13S5. The zero-order valence-corrected chi connectivity index (χ0v) is 35.2. The fraction of sp³-hybridized carbons (Fsp3) is 0.300. The van der Waals surface area contributed by atoms with Crippen LogP contribution in [0.5, 0.6) is 0 Å². The molecule has 2 aliphatic rings. The number of unbranched alkanes of at least 4 members (excludes halogenated alkanes) is 1. The van der Waals surface area contributed by atoms with Crippen molar-refractivity contribution in [2.24, 2.45) is 0 Å². The minimum atomic E-state index is -4.40. The maximum absolute atomic E-state index is 13.7. The fourth-order valence-corrected chi connectivity index (χ4v) is 9.45. The van der Waals surface area contributed by atoms with Gasteiger partial charge in [0.15, 0.2) is 9.95 Å². The van der Waals surface area contributed by atoms with E-state index in [1.807, 2.05) is 30.9 Å². The molecule has 0 atom stereocenters. The zero-order chi connectivity index (χ0) is 38.2. The first-order valence-corrected chi connectivity index (χ1v) is 19.4. The van der Waals surface area contributed by atoms with Crippen molar-refractivity contribution < 1.29 is 103 Å². The first-order chi connectivity index (χ1) is 24.4. The summed E-state index contributed by atoms with van der Waals surface area (Å²) in [5, 5.41) is 29.0. The maximum atomic E-state index is 13.7. The predicted molar refractivity (Wildman–Crippen MR) is 192 cm³/mol. The molecule has 0 unspecified atom stereocenters. The first-order valence-electron chi connectivity index (χ1n) is 15.0. The van der Waals surface area contributed by atoms with E-state index in [2.05, 4.69) is 0 Å². The Labute approximate surface area is 359 Å². The van der Waals surface area contributed by atoms with E-state index >= 15 is 0 Å². The van der Waals surface area contributed by atoms with Gasteiger partial charge in [-0.15, -0.1) is 11.3 Å². The van der Waals surface area contributed by atoms with E-state index in [1.54, 1.807) is 0 Å². The minimum Gasteiger partial charge on any atom is -0.748 e. The van der Waals surface area contributed by atoms with Crippen LogP contribution in [0.1, 0.15) is 24.0 Å². The van der Waals surface area contributed by atoms with Gasteiger partial charge in [-0.3, -0.25) is 42.8 Å². The zero-order valence-electron chi connectivity index (χ0n) is 28.0. The van der Waals surface area contributed by atoms with Crippen LogP contribution < -0.4 is 77.5 Å². The van der Waals surface area contributed by atoms with Crippen molar-refractivity contribution in [3.63, 3.8) is 0 Å². The number of carbonyl (C=O) groups excluding carboxylic acids is 1. The molecule has 2 aliphatic heterocycles. The van der Waals surface area contributed by atoms with Crippen molar-refractivity contribution in [1.29, 1.82) is 0 Å². The number of aryl methyl sites for hydroxylation is 2. The van der Waals surface area contributed by atoms with Gasteiger partial charge in [0.25, 0.3) is 17.0 Å². The molecule has 5 rings (SSSR count). The van der Waals surface area contributed by atoms with Crippen LogP contribution in [-0.2, 0) is 42.4 Å². The van der Waals surface area contributed by atoms with E-state index in [1.165, 1.54) is 23.9 Å². The Morgan fingerprint density at radius 1 is 0.887 bits per heavy atom. The number of fused-ring (bicyclic) bond motifs is 1. The third kappa shape index (κ3) is 9.70. The van der Waals surface area contributed by atoms with Crippen LogP contribution in [0.2, 0.25) is 0 Å². The van der Waals surface area contributed by atoms with Crippen molar-refractivity contribution in [3.8, 4) is 0 Å². The van der Waals surface area contributed by atoms with E-state index in [0.717, 1.165) is 26.6 Å². The Bertz CT molecular complexity index is 2560. The van der Waals surface area contributed by atoms with Gasteiger partial charge in [-0.05, 0) is 62.1 Å². The summed E-state index contributed by atoms with van der Waals surface area (Å²) in [6.45, 7) is 1.48. The second kappa shape index (κ2) is 17.3. The van der Waals surface area contributed by atoms with Crippen molar-refractivity contribution in [2.45, 2.75) is 44.7 Å². The maximum Gasteiger partial charge on any atom is 1.00 e. The standard InChI is InChI=1S/C30H28N4O13S5.K/c1-14-9-16-18(10-15(14)2)49-19(31(16)7-3-4-8-52(44,45)46)6-5-17-25(41)32(11-20(35)36)28(47-17)23-26(42)33(12-21(37)38)29(50-23)24-27(43)34(13-22(39)40)30(48)51-24;/h5-6,9-10H,3-4,7-8,11-13H2,1-2H3,(H,35,36)(H,37,38)(H,39,40)(H,44,45,46);/q;+1/p-1/b17-5?,19-6?,28-23+,29-24+;. The SMILES string of the molecule is Cc1cc2c(cc1C)N(CCCCS(=O)(=O)[O-])C(=CC=c1o/c(=c3/s/c(=C4/SC(=S)N(CC(=O)O)C4=O)n(CC(=O)O)c3=O)n(CC(=O)O)c1=O)S2.[K+]. The van der Waals surface area contributed by atoms with E-state index in [-0.39, 0.29) is 71.7 Å². The number of carboxylic acid groups (broad SMARTS) is 3. The second-order valence-corrected chi connectivity index (χ2v) is 16.6. The van der Waals surface area contributed by atoms with Gasteiger partial charge in [0.2, 0.25) is 5.55 Å². The summed E-state index contributed by atoms with van der Waals surface area (Å²) in [5.74, 6) is -5.75. The predicted octanol–water partition coefficient (Wildman–Crippen LogP) is -2.65. The summed E-state index contributed by atoms with van der Waals surface area (Å²) in [6.07, 6.45) is 3.24. The summed E-state index contributed by atoms with van der Waals surface area (Å²) in [4.78, 5) is 78.6. The minimum absolute atomic E-state index is 0. The second-order valence-electron chi connectivity index (χ2n) is 11.4. The number of hydrogen-bond donors (Lipinski definition) is 3. The van der Waals surface area contributed by atoms with Crippen LogP contribution >= 0.6 is 47.1 Å². The van der Waals surface area contributed by atoms with Gasteiger partial charge in [-0.1, -0.05) is 35.7 Å². The number of aromatic nitrogens is 2. The van der Waals surface area contributed by atoms with Gasteiger partial charge in [-0.25, -0.2) is 8.42 Å². The molecule has 0 saturated carbocycles. The van der Waals surface area contributed by atoms with Crippen molar-refractivity contribution in [2.75, 3.05) is 23.7 Å². The van der Waals surface area contributed by atoms with Crippen molar-refractivity contribution in [3.05, 3.63) is 75.2 Å². The number of nitrogens with zero attached hydrogens (tertiary/aromatic N) is 4. The van der Waals surface area contributed by atoms with Crippen LogP contribution in [0.15, 0.2) is 42.1 Å². The van der Waals surface area contributed by atoms with Crippen LogP contribution in [0.3, 0.4) is 0 Å². The van der Waals surface area contributed by atoms with Gasteiger partial charge in [0.1, 0.15) is 33.5 Å². The molecule has 0 bridgehead atoms. The number of carbonyl (C=O) groups is 4. The molecule has 53 heavy (non-hydrogen) atoms. The van der Waals surface area contributed by atoms with Crippen LogP contribution in [-0.4, -0.2) is 89.3 Å². The molecule has 23 heteroatoms. The number of thioether (sulfide) groups is 2. The summed E-state index contributed by atoms with van der Waals surface area (Å²) in [7, 11) is -4.40. The van der Waals surface area contributed by atoms with E-state index in [0.29, 0.717) is 50.2 Å². The molecule has 276 valence electrons. The third-order valence-corrected chi connectivity index (χ3v) is 12.3. The Balaban J connectivity index is 0.00000627. The van der Waals surface area contributed by atoms with E-state index in [4.69, 9.17) is 16.6 Å². The number of aliphatic carboxylic acids is 3. The molecule has 1 saturated heterocycles. The largest absolute Gasteiger partial charge is 1.00 e. The number of rotatable bonds is 12. The molecular weight excluding hydrogens is 824 g/mol. The molecule has 2 aromatic heterocycles. The monoisotopic (exact) mass is 850 g/mol. The van der Waals surface area contributed by atoms with Gasteiger partial charge in [-0.2, -0.15) is 0 Å². The van der Waals surface area contributed by atoms with Gasteiger partial charge in [0.05, 0.1) is 20.8 Å². The average molecular weight is 851 g/mol. The first kappa shape index (κ1) is 42.9. The third-order valence-electron chi connectivity index (χ3n) is 7.66. The number of allylic oxidation sites excluding steroid dienone is 1. The molecule has 1 aromatic carbocycles. The Morgan fingerprint density at radius 3 is 2.13 bits per heavy atom. The van der Waals surface area contributed by atoms with Crippen LogP contribution in [0.25, 0.3) is 11.0 Å². The molecule has 3 aromatic rings. The molecule has 4 heterocycles. The number of anilines is 1. The summed E-state index contributed by atoms with van der Waals surface area (Å²) < 4.78 is 39.8. The van der Waals surface area contributed by atoms with E-state index in [9.17, 15) is 57.1 Å². The van der Waals surface area contributed by atoms with Crippen molar-refractivity contribution in [1.82, 2.24) is 14.0 Å². The van der Waals surface area contributed by atoms with E-state index < -0.39 is 85.9 Å². The number of thiocarbonyl (C=S) groups is 1. The quantitative estimate of drug-likeness (QED) is 0.0729. The number of carboxylic acids is 3. The molecule has 0 radical (unpaired) electrons. The Kier molecular flexibility index (Phi) is 14.0. The van der Waals surface area contributed by atoms with Crippen LogP contribution in [0.4, 0.5) is 5.69 Å². The summed E-state index contributed by atoms with van der Waals surface area (Å²) in [5.41, 5.74) is -0.0790. The molecule has 3 N–H and O–H groups in total. The number of amides is 1. The molecule has 0 spiro atoms. The number of benzene rings is 1.